The highest BCUT2D eigenvalue weighted by molar-refractivity contribution is 7.89. The van der Waals surface area contributed by atoms with E-state index in [4.69, 9.17) is 4.74 Å². The lowest BCUT2D eigenvalue weighted by Crippen LogP contribution is -2.30. The SMILES string of the molecule is CC(C)NS(=O)(=O)c1ccc(C(=O)NCCCOc2ccc(F)cc2)cc1. The molecule has 2 rings (SSSR count). The van der Waals surface area contributed by atoms with Gasteiger partial charge < -0.3 is 10.1 Å². The Labute approximate surface area is 158 Å². The molecular weight excluding hydrogens is 371 g/mol. The summed E-state index contributed by atoms with van der Waals surface area (Å²) < 4.78 is 44.8. The first-order valence-corrected chi connectivity index (χ1v) is 10.1. The number of ether oxygens (including phenoxy) is 1. The zero-order chi connectivity index (χ0) is 19.9. The van der Waals surface area contributed by atoms with Crippen LogP contribution in [0, 0.1) is 5.82 Å². The summed E-state index contributed by atoms with van der Waals surface area (Å²) >= 11 is 0. The highest BCUT2D eigenvalue weighted by atomic mass is 32.2. The third-order valence-electron chi connectivity index (χ3n) is 3.51. The Kier molecular flexibility index (Phi) is 7.32. The maximum atomic E-state index is 12.8. The summed E-state index contributed by atoms with van der Waals surface area (Å²) in [4.78, 5) is 12.2. The van der Waals surface area contributed by atoms with Gasteiger partial charge in [-0.05, 0) is 68.8 Å². The minimum Gasteiger partial charge on any atom is -0.494 e. The molecule has 8 heteroatoms. The molecular formula is C19H23FN2O4S. The van der Waals surface area contributed by atoms with Gasteiger partial charge in [0, 0.05) is 18.2 Å². The van der Waals surface area contributed by atoms with Crippen LogP contribution in [0.5, 0.6) is 5.75 Å². The van der Waals surface area contributed by atoms with E-state index in [1.807, 2.05) is 0 Å². The number of hydrogen-bond acceptors (Lipinski definition) is 4. The van der Waals surface area contributed by atoms with E-state index in [1.165, 1.54) is 48.5 Å². The second-order valence-corrected chi connectivity index (χ2v) is 7.93. The average Bonchev–Trinajstić information content (AvgIpc) is 2.62. The summed E-state index contributed by atoms with van der Waals surface area (Å²) in [5.74, 6) is -0.0551. The molecule has 0 aromatic heterocycles. The fourth-order valence-electron chi connectivity index (χ4n) is 2.26. The van der Waals surface area contributed by atoms with Gasteiger partial charge in [-0.1, -0.05) is 0 Å². The molecule has 0 aliphatic rings. The van der Waals surface area contributed by atoms with Crippen LogP contribution in [0.3, 0.4) is 0 Å². The van der Waals surface area contributed by atoms with Gasteiger partial charge in [-0.25, -0.2) is 17.5 Å². The molecule has 2 aromatic rings. The lowest BCUT2D eigenvalue weighted by Gasteiger charge is -2.10. The number of halogens is 1. The van der Waals surface area contributed by atoms with E-state index in [9.17, 15) is 17.6 Å². The predicted molar refractivity (Wildman–Crippen MR) is 101 cm³/mol. The molecule has 0 atom stereocenters. The quantitative estimate of drug-likeness (QED) is 0.641. The van der Waals surface area contributed by atoms with Gasteiger partial charge in [0.25, 0.3) is 5.91 Å². The maximum absolute atomic E-state index is 12.8. The van der Waals surface area contributed by atoms with E-state index in [0.29, 0.717) is 30.9 Å². The molecule has 2 N–H and O–H groups in total. The third kappa shape index (κ3) is 6.65. The Morgan fingerprint density at radius 2 is 1.70 bits per heavy atom. The van der Waals surface area contributed by atoms with E-state index in [-0.39, 0.29) is 22.7 Å². The highest BCUT2D eigenvalue weighted by Crippen LogP contribution is 2.12. The topological polar surface area (TPSA) is 84.5 Å². The Balaban J connectivity index is 1.78. The van der Waals surface area contributed by atoms with Crippen LogP contribution < -0.4 is 14.8 Å². The summed E-state index contributed by atoms with van der Waals surface area (Å²) in [5, 5.41) is 2.74. The zero-order valence-electron chi connectivity index (χ0n) is 15.2. The van der Waals surface area contributed by atoms with Crippen molar-refractivity contribution < 1.29 is 22.3 Å². The fraction of sp³-hybridized carbons (Fsp3) is 0.316. The molecule has 0 fully saturated rings. The van der Waals surface area contributed by atoms with Crippen molar-refractivity contribution in [1.29, 1.82) is 0 Å². The van der Waals surface area contributed by atoms with Crippen LogP contribution in [-0.4, -0.2) is 33.5 Å². The first-order valence-electron chi connectivity index (χ1n) is 8.57. The van der Waals surface area contributed by atoms with Crippen LogP contribution in [0.4, 0.5) is 4.39 Å². The van der Waals surface area contributed by atoms with Crippen molar-refractivity contribution in [2.75, 3.05) is 13.2 Å². The lowest BCUT2D eigenvalue weighted by atomic mass is 10.2. The molecule has 146 valence electrons. The van der Waals surface area contributed by atoms with Gasteiger partial charge in [-0.3, -0.25) is 4.79 Å². The number of nitrogens with one attached hydrogen (secondary N) is 2. The van der Waals surface area contributed by atoms with E-state index in [1.54, 1.807) is 13.8 Å². The lowest BCUT2D eigenvalue weighted by molar-refractivity contribution is 0.0951. The minimum absolute atomic E-state index is 0.112. The Morgan fingerprint density at radius 3 is 2.30 bits per heavy atom. The van der Waals surface area contributed by atoms with Crippen molar-refractivity contribution in [2.24, 2.45) is 0 Å². The normalized spacial score (nSPS) is 11.4. The molecule has 0 aliphatic heterocycles. The molecule has 0 bridgehead atoms. The summed E-state index contributed by atoms with van der Waals surface area (Å²) in [7, 11) is -3.58. The first-order chi connectivity index (χ1) is 12.8. The van der Waals surface area contributed by atoms with Crippen LogP contribution in [0.1, 0.15) is 30.6 Å². The van der Waals surface area contributed by atoms with Crippen molar-refractivity contribution in [2.45, 2.75) is 31.2 Å². The molecule has 0 radical (unpaired) electrons. The molecule has 0 saturated carbocycles. The molecule has 27 heavy (non-hydrogen) atoms. The van der Waals surface area contributed by atoms with Gasteiger partial charge in [0.2, 0.25) is 10.0 Å². The van der Waals surface area contributed by atoms with Crippen LogP contribution in [0.2, 0.25) is 0 Å². The van der Waals surface area contributed by atoms with Gasteiger partial charge in [-0.15, -0.1) is 0 Å². The average molecular weight is 394 g/mol. The zero-order valence-corrected chi connectivity index (χ0v) is 16.1. The monoisotopic (exact) mass is 394 g/mol. The van der Waals surface area contributed by atoms with E-state index in [0.717, 1.165) is 0 Å². The third-order valence-corrected chi connectivity index (χ3v) is 5.18. The Morgan fingerprint density at radius 1 is 1.07 bits per heavy atom. The highest BCUT2D eigenvalue weighted by Gasteiger charge is 2.15. The van der Waals surface area contributed by atoms with Crippen LogP contribution in [0.25, 0.3) is 0 Å². The first kappa shape index (κ1) is 20.9. The number of benzene rings is 2. The number of amides is 1. The second kappa shape index (κ2) is 9.48. The molecule has 0 unspecified atom stereocenters. The number of carbonyl (C=O) groups is 1. The Hall–Kier alpha value is -2.45. The smallest absolute Gasteiger partial charge is 0.251 e. The maximum Gasteiger partial charge on any atom is 0.251 e. The summed E-state index contributed by atoms with van der Waals surface area (Å²) in [6.45, 7) is 4.25. The van der Waals surface area contributed by atoms with Gasteiger partial charge in [-0.2, -0.15) is 0 Å². The number of rotatable bonds is 9. The molecule has 0 saturated heterocycles. The standard InChI is InChI=1S/C19H23FN2O4S/c1-14(2)22-27(24,25)18-10-4-15(5-11-18)19(23)21-12-3-13-26-17-8-6-16(20)7-9-17/h4-11,14,22H,3,12-13H2,1-2H3,(H,21,23). The van der Waals surface area contributed by atoms with Crippen LogP contribution in [-0.2, 0) is 10.0 Å². The molecule has 0 heterocycles. The van der Waals surface area contributed by atoms with Crippen molar-refractivity contribution in [3.8, 4) is 5.75 Å². The number of sulfonamides is 1. The van der Waals surface area contributed by atoms with Gasteiger partial charge in [0.15, 0.2) is 0 Å². The fourth-order valence-corrected chi connectivity index (χ4v) is 3.51. The number of hydrogen-bond donors (Lipinski definition) is 2. The molecule has 6 nitrogen and oxygen atoms in total. The summed E-state index contributed by atoms with van der Waals surface area (Å²) in [6.07, 6.45) is 0.577. The minimum atomic E-state index is -3.58. The largest absolute Gasteiger partial charge is 0.494 e. The summed E-state index contributed by atoms with van der Waals surface area (Å²) in [6, 6.07) is 11.2. The van der Waals surface area contributed by atoms with Crippen LogP contribution in [0.15, 0.2) is 53.4 Å². The second-order valence-electron chi connectivity index (χ2n) is 6.21. The predicted octanol–water partition coefficient (Wildman–Crippen LogP) is 2.71. The van der Waals surface area contributed by atoms with Gasteiger partial charge in [0.1, 0.15) is 11.6 Å². The van der Waals surface area contributed by atoms with Crippen molar-refractivity contribution in [3.63, 3.8) is 0 Å². The van der Waals surface area contributed by atoms with Crippen molar-refractivity contribution in [1.82, 2.24) is 10.0 Å². The van der Waals surface area contributed by atoms with E-state index < -0.39 is 10.0 Å². The van der Waals surface area contributed by atoms with E-state index >= 15 is 0 Å². The van der Waals surface area contributed by atoms with Gasteiger partial charge >= 0.3 is 0 Å². The van der Waals surface area contributed by atoms with Gasteiger partial charge in [0.05, 0.1) is 11.5 Å². The molecule has 2 aromatic carbocycles. The van der Waals surface area contributed by atoms with Crippen LogP contribution >= 0.6 is 0 Å². The van der Waals surface area contributed by atoms with Crippen molar-refractivity contribution >= 4 is 15.9 Å². The Bertz CT molecular complexity index is 850. The molecule has 0 spiro atoms. The van der Waals surface area contributed by atoms with E-state index in [2.05, 4.69) is 10.0 Å². The molecule has 1 amide bonds. The summed E-state index contributed by atoms with van der Waals surface area (Å²) in [5.41, 5.74) is 0.373. The number of carbonyl (C=O) groups excluding carboxylic acids is 1. The molecule has 0 aliphatic carbocycles. The van der Waals surface area contributed by atoms with Crippen molar-refractivity contribution in [3.05, 3.63) is 59.9 Å².